The van der Waals surface area contributed by atoms with Gasteiger partial charge in [0.25, 0.3) is 0 Å². The summed E-state index contributed by atoms with van der Waals surface area (Å²) >= 11 is 0. The van der Waals surface area contributed by atoms with Gasteiger partial charge in [-0.15, -0.1) is 0 Å². The minimum atomic E-state index is 0.167. The van der Waals surface area contributed by atoms with Crippen molar-refractivity contribution in [3.63, 3.8) is 0 Å². The maximum atomic E-state index is 11.6. The van der Waals surface area contributed by atoms with Crippen LogP contribution in [0.2, 0.25) is 0 Å². The Morgan fingerprint density at radius 2 is 2.18 bits per heavy atom. The van der Waals surface area contributed by atoms with Gasteiger partial charge in [-0.1, -0.05) is 0 Å². The predicted octanol–water partition coefficient (Wildman–Crippen LogP) is 1.24. The van der Waals surface area contributed by atoms with E-state index >= 15 is 0 Å². The van der Waals surface area contributed by atoms with Crippen molar-refractivity contribution in [2.75, 3.05) is 46.9 Å². The first-order valence-corrected chi connectivity index (χ1v) is 6.24. The van der Waals surface area contributed by atoms with Crippen LogP contribution in [-0.2, 0) is 4.74 Å². The molecule has 5 heteroatoms. The maximum Gasteiger partial charge on any atom is 0.319 e. The standard InChI is InChI=1S/C12H23N3O2/c1-13-6-11-17-10-5-3-4-7-15-9-8-14(2)12(15)16/h6H,3-5,7-11H2,1-2H3/b13-6+. The summed E-state index contributed by atoms with van der Waals surface area (Å²) < 4.78 is 5.35. The van der Waals surface area contributed by atoms with Gasteiger partial charge in [-0.2, -0.15) is 0 Å². The monoisotopic (exact) mass is 241 g/mol. The van der Waals surface area contributed by atoms with Crippen LogP contribution in [0.4, 0.5) is 4.79 Å². The van der Waals surface area contributed by atoms with E-state index in [-0.39, 0.29) is 6.03 Å². The molecule has 0 aromatic rings. The van der Waals surface area contributed by atoms with E-state index in [1.54, 1.807) is 18.2 Å². The van der Waals surface area contributed by atoms with E-state index in [9.17, 15) is 4.79 Å². The summed E-state index contributed by atoms with van der Waals surface area (Å²) in [5.41, 5.74) is 0. The third kappa shape index (κ3) is 5.17. The molecule has 0 aromatic carbocycles. The van der Waals surface area contributed by atoms with Gasteiger partial charge in [0.15, 0.2) is 0 Å². The van der Waals surface area contributed by atoms with Crippen molar-refractivity contribution in [2.24, 2.45) is 4.99 Å². The molecule has 0 saturated carbocycles. The Bertz CT molecular complexity index is 256. The summed E-state index contributed by atoms with van der Waals surface area (Å²) in [6.07, 6.45) is 4.98. The molecule has 1 heterocycles. The number of rotatable bonds is 8. The minimum absolute atomic E-state index is 0.167. The predicted molar refractivity (Wildman–Crippen MR) is 68.7 cm³/mol. The lowest BCUT2D eigenvalue weighted by molar-refractivity contribution is 0.167. The zero-order valence-corrected chi connectivity index (χ0v) is 10.9. The zero-order chi connectivity index (χ0) is 12.5. The van der Waals surface area contributed by atoms with Crippen LogP contribution >= 0.6 is 0 Å². The van der Waals surface area contributed by atoms with Crippen molar-refractivity contribution in [2.45, 2.75) is 19.3 Å². The Hall–Kier alpha value is -1.10. The molecule has 1 fully saturated rings. The van der Waals surface area contributed by atoms with Crippen molar-refractivity contribution in [1.82, 2.24) is 9.80 Å². The van der Waals surface area contributed by atoms with Crippen LogP contribution in [0.25, 0.3) is 0 Å². The van der Waals surface area contributed by atoms with Gasteiger partial charge in [0, 0.05) is 46.6 Å². The van der Waals surface area contributed by atoms with E-state index in [0.29, 0.717) is 6.61 Å². The SMILES string of the molecule is C/N=C/COCCCCCN1CCN(C)C1=O. The quantitative estimate of drug-likeness (QED) is 0.474. The van der Waals surface area contributed by atoms with E-state index in [4.69, 9.17) is 4.74 Å². The molecule has 17 heavy (non-hydrogen) atoms. The molecule has 0 bridgehead atoms. The summed E-state index contributed by atoms with van der Waals surface area (Å²) in [5, 5.41) is 0. The second-order valence-corrected chi connectivity index (χ2v) is 4.27. The first-order chi connectivity index (χ1) is 8.25. The van der Waals surface area contributed by atoms with E-state index in [1.807, 2.05) is 11.9 Å². The van der Waals surface area contributed by atoms with Crippen LogP contribution < -0.4 is 0 Å². The number of aliphatic imine (C=N–C) groups is 1. The zero-order valence-electron chi connectivity index (χ0n) is 10.9. The van der Waals surface area contributed by atoms with E-state index < -0.39 is 0 Å². The Labute approximate surface area is 103 Å². The van der Waals surface area contributed by atoms with Gasteiger partial charge in [-0.25, -0.2) is 4.79 Å². The van der Waals surface area contributed by atoms with Crippen LogP contribution in [0.5, 0.6) is 0 Å². The highest BCUT2D eigenvalue weighted by Crippen LogP contribution is 2.08. The highest BCUT2D eigenvalue weighted by Gasteiger charge is 2.23. The smallest absolute Gasteiger partial charge is 0.319 e. The molecule has 0 radical (unpaired) electrons. The molecule has 2 amide bonds. The summed E-state index contributed by atoms with van der Waals surface area (Å²) in [6, 6.07) is 0.167. The Morgan fingerprint density at radius 1 is 1.35 bits per heavy atom. The Balaban J connectivity index is 1.92. The van der Waals surface area contributed by atoms with Gasteiger partial charge < -0.3 is 14.5 Å². The fourth-order valence-corrected chi connectivity index (χ4v) is 1.81. The van der Waals surface area contributed by atoms with Crippen molar-refractivity contribution in [1.29, 1.82) is 0 Å². The number of urea groups is 1. The van der Waals surface area contributed by atoms with Crippen LogP contribution in [0.1, 0.15) is 19.3 Å². The fourth-order valence-electron chi connectivity index (χ4n) is 1.81. The lowest BCUT2D eigenvalue weighted by Crippen LogP contribution is -2.30. The van der Waals surface area contributed by atoms with E-state index in [0.717, 1.165) is 45.5 Å². The summed E-state index contributed by atoms with van der Waals surface area (Å²) in [4.78, 5) is 19.1. The molecule has 98 valence electrons. The largest absolute Gasteiger partial charge is 0.376 e. The first kappa shape index (κ1) is 14.0. The highest BCUT2D eigenvalue weighted by molar-refractivity contribution is 5.76. The minimum Gasteiger partial charge on any atom is -0.376 e. The molecule has 1 saturated heterocycles. The second-order valence-electron chi connectivity index (χ2n) is 4.27. The lowest BCUT2D eigenvalue weighted by atomic mass is 10.2. The van der Waals surface area contributed by atoms with Crippen molar-refractivity contribution in [3.05, 3.63) is 0 Å². The van der Waals surface area contributed by atoms with Crippen LogP contribution in [0, 0.1) is 0 Å². The molecule has 1 rings (SSSR count). The van der Waals surface area contributed by atoms with Gasteiger partial charge in [0.1, 0.15) is 0 Å². The molecule has 5 nitrogen and oxygen atoms in total. The van der Waals surface area contributed by atoms with E-state index in [2.05, 4.69) is 4.99 Å². The topological polar surface area (TPSA) is 45.1 Å². The highest BCUT2D eigenvalue weighted by atomic mass is 16.5. The molecule has 0 atom stereocenters. The number of carbonyl (C=O) groups is 1. The molecular formula is C12H23N3O2. The molecule has 1 aliphatic heterocycles. The summed E-state index contributed by atoms with van der Waals surface area (Å²) in [7, 11) is 3.60. The number of hydrogen-bond acceptors (Lipinski definition) is 3. The third-order valence-electron chi connectivity index (χ3n) is 2.89. The number of carbonyl (C=O) groups excluding carboxylic acids is 1. The average Bonchev–Trinajstić information content (AvgIpc) is 2.64. The summed E-state index contributed by atoms with van der Waals surface area (Å²) in [5.74, 6) is 0. The number of amides is 2. The number of unbranched alkanes of at least 4 members (excludes halogenated alkanes) is 2. The second kappa shape index (κ2) is 8.06. The van der Waals surface area contributed by atoms with Gasteiger partial charge in [-0.3, -0.25) is 4.99 Å². The van der Waals surface area contributed by atoms with Crippen LogP contribution in [-0.4, -0.2) is 69.0 Å². The van der Waals surface area contributed by atoms with Crippen molar-refractivity contribution >= 4 is 12.2 Å². The van der Waals surface area contributed by atoms with Crippen molar-refractivity contribution < 1.29 is 9.53 Å². The lowest BCUT2D eigenvalue weighted by Gasteiger charge is -2.15. The number of hydrogen-bond donors (Lipinski definition) is 0. The molecule has 0 N–H and O–H groups in total. The Kier molecular flexibility index (Phi) is 6.62. The third-order valence-corrected chi connectivity index (χ3v) is 2.89. The first-order valence-electron chi connectivity index (χ1n) is 6.24. The molecule has 0 spiro atoms. The molecular weight excluding hydrogens is 218 g/mol. The van der Waals surface area contributed by atoms with Crippen LogP contribution in [0.3, 0.4) is 0 Å². The summed E-state index contributed by atoms with van der Waals surface area (Å²) in [6.45, 7) is 3.99. The van der Waals surface area contributed by atoms with Gasteiger partial charge in [0.2, 0.25) is 0 Å². The number of ether oxygens (including phenoxy) is 1. The fraction of sp³-hybridized carbons (Fsp3) is 0.833. The molecule has 1 aliphatic rings. The number of likely N-dealkylation sites (N-methyl/N-ethyl adjacent to an activating group) is 1. The van der Waals surface area contributed by atoms with E-state index in [1.165, 1.54) is 0 Å². The van der Waals surface area contributed by atoms with Crippen LogP contribution in [0.15, 0.2) is 4.99 Å². The molecule has 0 aliphatic carbocycles. The Morgan fingerprint density at radius 3 is 2.82 bits per heavy atom. The molecule has 0 aromatic heterocycles. The van der Waals surface area contributed by atoms with Gasteiger partial charge >= 0.3 is 6.03 Å². The maximum absolute atomic E-state index is 11.6. The van der Waals surface area contributed by atoms with Gasteiger partial charge in [-0.05, 0) is 19.3 Å². The normalized spacial score (nSPS) is 16.5. The van der Waals surface area contributed by atoms with Gasteiger partial charge in [0.05, 0.1) is 6.61 Å². The average molecular weight is 241 g/mol. The number of nitrogens with zero attached hydrogens (tertiary/aromatic N) is 3. The molecule has 0 unspecified atom stereocenters. The van der Waals surface area contributed by atoms with Crippen molar-refractivity contribution in [3.8, 4) is 0 Å².